The highest BCUT2D eigenvalue weighted by atomic mass is 35.5. The van der Waals surface area contributed by atoms with Crippen molar-refractivity contribution in [2.24, 2.45) is 0 Å². The van der Waals surface area contributed by atoms with Gasteiger partial charge in [-0.2, -0.15) is 13.2 Å². The average Bonchev–Trinajstić information content (AvgIpc) is 2.69. The minimum absolute atomic E-state index is 0.136. The maximum atomic E-state index is 12.5. The van der Waals surface area contributed by atoms with Crippen LogP contribution < -0.4 is 14.8 Å². The van der Waals surface area contributed by atoms with Crippen molar-refractivity contribution in [1.82, 2.24) is 4.98 Å². The lowest BCUT2D eigenvalue weighted by molar-refractivity contribution is -0.154. The van der Waals surface area contributed by atoms with Crippen LogP contribution in [0.4, 0.5) is 18.9 Å². The number of anilines is 1. The first-order valence-corrected chi connectivity index (χ1v) is 8.68. The molecule has 1 amide bonds. The van der Waals surface area contributed by atoms with Gasteiger partial charge in [0.15, 0.2) is 12.4 Å². The summed E-state index contributed by atoms with van der Waals surface area (Å²) in [6, 6.07) is 16.1. The molecule has 0 saturated heterocycles. The third-order valence-corrected chi connectivity index (χ3v) is 3.89. The van der Waals surface area contributed by atoms with Crippen LogP contribution in [-0.4, -0.2) is 23.7 Å². The van der Waals surface area contributed by atoms with Crippen molar-refractivity contribution in [1.29, 1.82) is 0 Å². The monoisotopic (exact) mass is 422 g/mol. The van der Waals surface area contributed by atoms with Gasteiger partial charge >= 0.3 is 6.18 Å². The van der Waals surface area contributed by atoms with E-state index in [0.29, 0.717) is 22.2 Å². The zero-order valence-corrected chi connectivity index (χ0v) is 15.5. The molecule has 2 aromatic carbocycles. The number of para-hydroxylation sites is 3. The smallest absolute Gasteiger partial charge is 0.422 e. The Labute approximate surface area is 169 Å². The van der Waals surface area contributed by atoms with E-state index in [2.05, 4.69) is 15.0 Å². The number of carbonyl (C=O) groups excluding carboxylic acids is 1. The second kappa shape index (κ2) is 8.83. The fraction of sp³-hybridized carbons (Fsp3) is 0.100. The quantitative estimate of drug-likeness (QED) is 0.552. The molecule has 150 valence electrons. The predicted octanol–water partition coefficient (Wildman–Crippen LogP) is 5.72. The molecule has 1 heterocycles. The second-order valence-electron chi connectivity index (χ2n) is 5.77. The van der Waals surface area contributed by atoms with Crippen LogP contribution in [0, 0.1) is 0 Å². The van der Waals surface area contributed by atoms with Gasteiger partial charge in [0.1, 0.15) is 5.75 Å². The molecule has 0 saturated carbocycles. The number of aromatic nitrogens is 1. The van der Waals surface area contributed by atoms with Crippen LogP contribution in [0.3, 0.4) is 0 Å². The van der Waals surface area contributed by atoms with Gasteiger partial charge in [-0.15, -0.1) is 0 Å². The van der Waals surface area contributed by atoms with Gasteiger partial charge in [0.05, 0.1) is 16.3 Å². The lowest BCUT2D eigenvalue weighted by Crippen LogP contribution is -2.19. The Morgan fingerprint density at radius 2 is 1.69 bits per heavy atom. The van der Waals surface area contributed by atoms with E-state index in [-0.39, 0.29) is 11.4 Å². The van der Waals surface area contributed by atoms with Crippen LogP contribution >= 0.6 is 11.6 Å². The Bertz CT molecular complexity index is 995. The van der Waals surface area contributed by atoms with E-state index >= 15 is 0 Å². The number of hydrogen-bond donors (Lipinski definition) is 1. The summed E-state index contributed by atoms with van der Waals surface area (Å²) in [6.07, 6.45) is -3.35. The topological polar surface area (TPSA) is 60.5 Å². The lowest BCUT2D eigenvalue weighted by atomic mass is 10.2. The van der Waals surface area contributed by atoms with E-state index in [4.69, 9.17) is 16.3 Å². The van der Waals surface area contributed by atoms with E-state index < -0.39 is 18.7 Å². The molecule has 0 unspecified atom stereocenters. The first-order chi connectivity index (χ1) is 13.8. The van der Waals surface area contributed by atoms with Crippen molar-refractivity contribution in [2.75, 3.05) is 11.9 Å². The van der Waals surface area contributed by atoms with E-state index in [9.17, 15) is 18.0 Å². The summed E-state index contributed by atoms with van der Waals surface area (Å²) < 4.78 is 46.8. The molecule has 0 radical (unpaired) electrons. The fourth-order valence-electron chi connectivity index (χ4n) is 2.26. The van der Waals surface area contributed by atoms with Crippen LogP contribution in [0.15, 0.2) is 66.9 Å². The van der Waals surface area contributed by atoms with Gasteiger partial charge in [0, 0.05) is 12.3 Å². The van der Waals surface area contributed by atoms with Gasteiger partial charge in [0.2, 0.25) is 5.88 Å². The molecule has 29 heavy (non-hydrogen) atoms. The first kappa shape index (κ1) is 20.5. The van der Waals surface area contributed by atoms with Gasteiger partial charge < -0.3 is 14.8 Å². The molecule has 3 rings (SSSR count). The number of nitrogens with zero attached hydrogens (tertiary/aromatic N) is 1. The number of rotatable bonds is 6. The minimum Gasteiger partial charge on any atom is -0.468 e. The Morgan fingerprint density at radius 3 is 2.34 bits per heavy atom. The average molecular weight is 423 g/mol. The number of alkyl halides is 3. The van der Waals surface area contributed by atoms with Crippen LogP contribution in [0.5, 0.6) is 17.4 Å². The second-order valence-corrected chi connectivity index (χ2v) is 6.18. The number of hydrogen-bond acceptors (Lipinski definition) is 4. The number of benzene rings is 2. The summed E-state index contributed by atoms with van der Waals surface area (Å²) in [5, 5.41) is 3.08. The van der Waals surface area contributed by atoms with Crippen molar-refractivity contribution >= 4 is 23.2 Å². The van der Waals surface area contributed by atoms with Gasteiger partial charge in [-0.25, -0.2) is 4.98 Å². The molecule has 0 aliphatic carbocycles. The number of pyridine rings is 1. The summed E-state index contributed by atoms with van der Waals surface area (Å²) in [6.45, 7) is -1.46. The maximum Gasteiger partial charge on any atom is 0.422 e. The number of nitrogens with one attached hydrogen (secondary N) is 1. The Kier molecular flexibility index (Phi) is 6.23. The molecule has 0 bridgehead atoms. The fourth-order valence-corrected chi connectivity index (χ4v) is 2.43. The van der Waals surface area contributed by atoms with Crippen molar-refractivity contribution in [3.63, 3.8) is 0 Å². The highest BCUT2D eigenvalue weighted by Gasteiger charge is 2.28. The molecular formula is C20H14ClF3N2O3. The maximum absolute atomic E-state index is 12.5. The van der Waals surface area contributed by atoms with Crippen LogP contribution in [0.1, 0.15) is 10.4 Å². The number of carbonyl (C=O) groups is 1. The molecule has 0 spiro atoms. The van der Waals surface area contributed by atoms with E-state index in [1.165, 1.54) is 12.1 Å². The Morgan fingerprint density at radius 1 is 1.00 bits per heavy atom. The highest BCUT2D eigenvalue weighted by molar-refractivity contribution is 6.32. The Balaban J connectivity index is 1.70. The third kappa shape index (κ3) is 5.86. The van der Waals surface area contributed by atoms with E-state index in [0.717, 1.165) is 6.20 Å². The molecular weight excluding hydrogens is 409 g/mol. The van der Waals surface area contributed by atoms with Gasteiger partial charge in [0.25, 0.3) is 5.91 Å². The van der Waals surface area contributed by atoms with Gasteiger partial charge in [-0.1, -0.05) is 35.9 Å². The van der Waals surface area contributed by atoms with Crippen molar-refractivity contribution in [3.05, 3.63) is 77.4 Å². The summed E-state index contributed by atoms with van der Waals surface area (Å²) >= 11 is 6.09. The molecule has 1 aromatic heterocycles. The first-order valence-electron chi connectivity index (χ1n) is 8.30. The lowest BCUT2D eigenvalue weighted by Gasteiger charge is -2.13. The SMILES string of the molecule is O=C(Nc1ccccc1Oc1ccccc1Cl)c1ccc(OCC(F)(F)F)nc1. The highest BCUT2D eigenvalue weighted by Crippen LogP contribution is 2.33. The molecule has 9 heteroatoms. The minimum atomic E-state index is -4.47. The summed E-state index contributed by atoms with van der Waals surface area (Å²) in [5.74, 6) is 0.0344. The van der Waals surface area contributed by atoms with Crippen molar-refractivity contribution in [2.45, 2.75) is 6.18 Å². The molecule has 0 aliphatic rings. The molecule has 0 aliphatic heterocycles. The molecule has 3 aromatic rings. The van der Waals surface area contributed by atoms with Crippen molar-refractivity contribution < 1.29 is 27.4 Å². The van der Waals surface area contributed by atoms with Crippen LogP contribution in [0.2, 0.25) is 5.02 Å². The van der Waals surface area contributed by atoms with E-state index in [1.807, 2.05) is 0 Å². The standard InChI is InChI=1S/C20H14ClF3N2O3/c21-14-5-1-3-7-16(14)29-17-8-4-2-6-15(17)26-19(27)13-9-10-18(25-11-13)28-12-20(22,23)24/h1-11H,12H2,(H,26,27). The number of halogens is 4. The number of amides is 1. The molecule has 1 N–H and O–H groups in total. The molecule has 0 atom stereocenters. The van der Waals surface area contributed by atoms with Gasteiger partial charge in [-0.3, -0.25) is 4.79 Å². The largest absolute Gasteiger partial charge is 0.468 e. The third-order valence-electron chi connectivity index (χ3n) is 3.57. The molecule has 5 nitrogen and oxygen atoms in total. The van der Waals surface area contributed by atoms with Crippen LogP contribution in [-0.2, 0) is 0 Å². The number of ether oxygens (including phenoxy) is 2. The predicted molar refractivity (Wildman–Crippen MR) is 102 cm³/mol. The summed E-state index contributed by atoms with van der Waals surface area (Å²) in [5.41, 5.74) is 0.520. The molecule has 0 fully saturated rings. The van der Waals surface area contributed by atoms with Crippen molar-refractivity contribution in [3.8, 4) is 17.4 Å². The summed E-state index contributed by atoms with van der Waals surface area (Å²) in [7, 11) is 0. The Hall–Kier alpha value is -3.26. The zero-order valence-electron chi connectivity index (χ0n) is 14.7. The van der Waals surface area contributed by atoms with Gasteiger partial charge in [-0.05, 0) is 30.3 Å². The normalized spacial score (nSPS) is 11.0. The summed E-state index contributed by atoms with van der Waals surface area (Å²) in [4.78, 5) is 16.2. The zero-order chi connectivity index (χ0) is 20.9. The van der Waals surface area contributed by atoms with E-state index in [1.54, 1.807) is 48.5 Å². The van der Waals surface area contributed by atoms with Crippen LogP contribution in [0.25, 0.3) is 0 Å².